The van der Waals surface area contributed by atoms with Crippen molar-refractivity contribution >= 4 is 16.1 Å². The van der Waals surface area contributed by atoms with Gasteiger partial charge in [0.1, 0.15) is 0 Å². The van der Waals surface area contributed by atoms with Gasteiger partial charge in [0.05, 0.1) is 5.75 Å². The van der Waals surface area contributed by atoms with Crippen LogP contribution >= 0.6 is 0 Å². The van der Waals surface area contributed by atoms with Crippen LogP contribution in [0, 0.1) is 12.4 Å². The van der Waals surface area contributed by atoms with Crippen molar-refractivity contribution in [2.75, 3.05) is 17.6 Å². The number of rotatable bonds is 4. The molecule has 0 spiro atoms. The van der Waals surface area contributed by atoms with Gasteiger partial charge >= 0.3 is 6.08 Å². The van der Waals surface area contributed by atoms with E-state index in [2.05, 4.69) is 20.3 Å². The molecule has 0 amide bonds. The van der Waals surface area contributed by atoms with Crippen molar-refractivity contribution in [1.29, 1.82) is 0 Å². The van der Waals surface area contributed by atoms with Crippen molar-refractivity contribution < 1.29 is 17.4 Å². The lowest BCUT2D eigenvalue weighted by atomic mass is 10.7. The molecular formula is C5H6FN4O3S. The molecule has 9 heteroatoms. The Bertz CT molecular complexity index is 409. The first-order valence-electron chi connectivity index (χ1n) is 3.44. The molecule has 0 aromatic carbocycles. The maximum absolute atomic E-state index is 12.3. The van der Waals surface area contributed by atoms with Gasteiger partial charge in [-0.2, -0.15) is 27.8 Å². The second-order valence-corrected chi connectivity index (χ2v) is 3.81. The monoisotopic (exact) mass is 221 g/mol. The minimum atomic E-state index is -4.04. The topological polar surface area (TPSA) is 105 Å². The highest BCUT2D eigenvalue weighted by molar-refractivity contribution is 7.85. The van der Waals surface area contributed by atoms with Gasteiger partial charge in [-0.25, -0.2) is 0 Å². The van der Waals surface area contributed by atoms with Gasteiger partial charge in [0.15, 0.2) is 0 Å². The minimum Gasteiger partial charge on any atom is -0.353 e. The third kappa shape index (κ3) is 4.05. The zero-order valence-electron chi connectivity index (χ0n) is 6.81. The van der Waals surface area contributed by atoms with Crippen LogP contribution in [0.2, 0.25) is 0 Å². The zero-order chi connectivity index (χ0) is 10.6. The third-order valence-corrected chi connectivity index (χ3v) is 1.86. The van der Waals surface area contributed by atoms with Gasteiger partial charge in [0.2, 0.25) is 12.3 Å². The SMILES string of the molecule is O=S(=O)(O)CCNc1n[c]nc(F)n1. The second kappa shape index (κ2) is 4.24. The van der Waals surface area contributed by atoms with E-state index in [9.17, 15) is 12.8 Å². The summed E-state index contributed by atoms with van der Waals surface area (Å²) in [6, 6.07) is 0. The number of nitrogens with one attached hydrogen (secondary N) is 1. The van der Waals surface area contributed by atoms with E-state index in [-0.39, 0.29) is 12.5 Å². The fraction of sp³-hybridized carbons (Fsp3) is 0.400. The van der Waals surface area contributed by atoms with E-state index in [1.165, 1.54) is 0 Å². The summed E-state index contributed by atoms with van der Waals surface area (Å²) >= 11 is 0. The van der Waals surface area contributed by atoms with Gasteiger partial charge in [-0.05, 0) is 0 Å². The van der Waals surface area contributed by atoms with Crippen molar-refractivity contribution in [2.24, 2.45) is 0 Å². The van der Waals surface area contributed by atoms with E-state index in [0.717, 1.165) is 0 Å². The lowest BCUT2D eigenvalue weighted by Crippen LogP contribution is -2.16. The van der Waals surface area contributed by atoms with Crippen LogP contribution in [0.3, 0.4) is 0 Å². The van der Waals surface area contributed by atoms with E-state index < -0.39 is 21.9 Å². The molecule has 14 heavy (non-hydrogen) atoms. The molecule has 1 aromatic heterocycles. The summed E-state index contributed by atoms with van der Waals surface area (Å²) in [6.45, 7) is -0.129. The van der Waals surface area contributed by atoms with E-state index in [4.69, 9.17) is 4.55 Å². The van der Waals surface area contributed by atoms with Gasteiger partial charge in [-0.3, -0.25) is 4.55 Å². The molecule has 77 valence electrons. The molecule has 1 heterocycles. The first kappa shape index (κ1) is 10.7. The number of hydrogen-bond acceptors (Lipinski definition) is 6. The molecular weight excluding hydrogens is 215 g/mol. The Kier molecular flexibility index (Phi) is 3.25. The van der Waals surface area contributed by atoms with Gasteiger partial charge in [-0.1, -0.05) is 0 Å². The van der Waals surface area contributed by atoms with E-state index in [0.29, 0.717) is 0 Å². The highest BCUT2D eigenvalue weighted by Gasteiger charge is 2.04. The van der Waals surface area contributed by atoms with Crippen molar-refractivity contribution in [3.63, 3.8) is 0 Å². The summed E-state index contributed by atoms with van der Waals surface area (Å²) in [5, 5.41) is 2.37. The molecule has 0 unspecified atom stereocenters. The molecule has 1 rings (SSSR count). The fourth-order valence-electron chi connectivity index (χ4n) is 0.622. The number of hydrogen-bond donors (Lipinski definition) is 2. The summed E-state index contributed by atoms with van der Waals surface area (Å²) in [5.74, 6) is -0.651. The van der Waals surface area contributed by atoms with Crippen molar-refractivity contribution in [3.05, 3.63) is 12.4 Å². The van der Waals surface area contributed by atoms with Crippen LogP contribution in [0.5, 0.6) is 0 Å². The maximum atomic E-state index is 12.3. The average Bonchev–Trinajstić information content (AvgIpc) is 2.01. The number of nitrogens with zero attached hydrogens (tertiary/aromatic N) is 3. The molecule has 0 saturated heterocycles. The molecule has 0 atom stereocenters. The number of aromatic nitrogens is 3. The molecule has 0 aliphatic heterocycles. The summed E-state index contributed by atoms with van der Waals surface area (Å²) in [7, 11) is -4.04. The lowest BCUT2D eigenvalue weighted by molar-refractivity contribution is 0.484. The zero-order valence-corrected chi connectivity index (χ0v) is 7.62. The highest BCUT2D eigenvalue weighted by Crippen LogP contribution is 1.94. The average molecular weight is 221 g/mol. The van der Waals surface area contributed by atoms with Gasteiger partial charge < -0.3 is 5.32 Å². The molecule has 2 N–H and O–H groups in total. The molecule has 1 radical (unpaired) electrons. The lowest BCUT2D eigenvalue weighted by Gasteiger charge is -2.00. The van der Waals surface area contributed by atoms with Gasteiger partial charge in [0.25, 0.3) is 10.1 Å². The summed E-state index contributed by atoms with van der Waals surface area (Å²) < 4.78 is 41.2. The van der Waals surface area contributed by atoms with Crippen LogP contribution in [0.25, 0.3) is 0 Å². The van der Waals surface area contributed by atoms with Crippen molar-refractivity contribution in [3.8, 4) is 0 Å². The van der Waals surface area contributed by atoms with Crippen LogP contribution in [-0.4, -0.2) is 40.2 Å². The number of anilines is 1. The molecule has 1 aromatic rings. The molecule has 0 bridgehead atoms. The van der Waals surface area contributed by atoms with E-state index in [1.807, 2.05) is 6.33 Å². The smallest absolute Gasteiger partial charge is 0.314 e. The maximum Gasteiger partial charge on any atom is 0.314 e. The Balaban J connectivity index is 2.47. The Hall–Kier alpha value is -1.35. The molecule has 7 nitrogen and oxygen atoms in total. The summed E-state index contributed by atoms with van der Waals surface area (Å²) in [4.78, 5) is 9.54. The largest absolute Gasteiger partial charge is 0.353 e. The van der Waals surface area contributed by atoms with Crippen molar-refractivity contribution in [2.45, 2.75) is 0 Å². The quantitative estimate of drug-likeness (QED) is 0.635. The van der Waals surface area contributed by atoms with Gasteiger partial charge in [0, 0.05) is 6.54 Å². The third-order valence-electron chi connectivity index (χ3n) is 1.14. The summed E-state index contributed by atoms with van der Waals surface area (Å²) in [6.07, 6.45) is 0.946. The Morgan fingerprint density at radius 2 is 2.21 bits per heavy atom. The normalized spacial score (nSPS) is 11.3. The van der Waals surface area contributed by atoms with Crippen LogP contribution in [0.15, 0.2) is 0 Å². The molecule has 0 saturated carbocycles. The standard InChI is InChI=1S/C5H6FN4O3S/c6-4-8-3-9-5(10-4)7-1-2-14(11,12)13/h1-2H2,(H,11,12,13)(H,7,8,9,10). The molecule has 0 fully saturated rings. The van der Waals surface area contributed by atoms with Crippen LogP contribution in [0.1, 0.15) is 0 Å². The fourth-order valence-corrected chi connectivity index (χ4v) is 0.982. The number of halogens is 1. The predicted molar refractivity (Wildman–Crippen MR) is 43.5 cm³/mol. The van der Waals surface area contributed by atoms with Crippen molar-refractivity contribution in [1.82, 2.24) is 15.0 Å². The minimum absolute atomic E-state index is 0.129. The molecule has 0 aliphatic rings. The van der Waals surface area contributed by atoms with Gasteiger partial charge in [-0.15, -0.1) is 0 Å². The van der Waals surface area contributed by atoms with Crippen LogP contribution in [0.4, 0.5) is 10.3 Å². The summed E-state index contributed by atoms with van der Waals surface area (Å²) in [5.41, 5.74) is 0. The molecule has 0 aliphatic carbocycles. The highest BCUT2D eigenvalue weighted by atomic mass is 32.2. The Labute approximate surface area is 79.2 Å². The predicted octanol–water partition coefficient (Wildman–Crippen LogP) is -0.889. The van der Waals surface area contributed by atoms with Crippen LogP contribution < -0.4 is 5.32 Å². The second-order valence-electron chi connectivity index (χ2n) is 2.24. The Morgan fingerprint density at radius 1 is 1.50 bits per heavy atom. The van der Waals surface area contributed by atoms with E-state index in [1.54, 1.807) is 0 Å². The first-order valence-corrected chi connectivity index (χ1v) is 5.05. The van der Waals surface area contributed by atoms with E-state index >= 15 is 0 Å². The Morgan fingerprint density at radius 3 is 2.79 bits per heavy atom. The first-order chi connectivity index (χ1) is 6.47. The van der Waals surface area contributed by atoms with Crippen LogP contribution in [-0.2, 0) is 10.1 Å².